The Balaban J connectivity index is 0.00000196. The zero-order chi connectivity index (χ0) is 17.2. The van der Waals surface area contributed by atoms with Gasteiger partial charge in [0.1, 0.15) is 0 Å². The van der Waals surface area contributed by atoms with Gasteiger partial charge in [-0.1, -0.05) is 6.07 Å². The summed E-state index contributed by atoms with van der Waals surface area (Å²) in [6, 6.07) is 19.9. The average Bonchev–Trinajstić information content (AvgIpc) is 3.23. The number of aromatic nitrogens is 4. The fourth-order valence-electron chi connectivity index (χ4n) is 2.62. The fourth-order valence-corrected chi connectivity index (χ4v) is 2.62. The maximum absolute atomic E-state index is 5.95. The van der Waals surface area contributed by atoms with Gasteiger partial charge in [0.2, 0.25) is 0 Å². The molecule has 132 valence electrons. The molecule has 0 spiro atoms. The van der Waals surface area contributed by atoms with Crippen LogP contribution in [0.3, 0.4) is 0 Å². The van der Waals surface area contributed by atoms with Crippen molar-refractivity contribution in [1.82, 2.24) is 19.3 Å². The molecule has 0 saturated carbocycles. The van der Waals surface area contributed by atoms with E-state index in [1.54, 1.807) is 12.4 Å². The van der Waals surface area contributed by atoms with Crippen LogP contribution in [-0.4, -0.2) is 19.3 Å². The number of aryl methyl sites for hydroxylation is 2. The van der Waals surface area contributed by atoms with Crippen LogP contribution in [0, 0.1) is 19.1 Å². The van der Waals surface area contributed by atoms with Crippen LogP contribution in [0.25, 0.3) is 17.1 Å². The summed E-state index contributed by atoms with van der Waals surface area (Å²) in [6.45, 7) is 2.00. The molecule has 4 rings (SSSR count). The van der Waals surface area contributed by atoms with Crippen molar-refractivity contribution in [3.8, 4) is 28.6 Å². The van der Waals surface area contributed by atoms with E-state index in [0.29, 0.717) is 11.5 Å². The Bertz CT molecular complexity index is 940. The van der Waals surface area contributed by atoms with Crippen LogP contribution >= 0.6 is 0 Å². The fraction of sp³-hybridized carbons (Fsp3) is 0.100. The van der Waals surface area contributed by atoms with Crippen LogP contribution in [0.5, 0.6) is 11.5 Å². The molecule has 5 nitrogen and oxygen atoms in total. The molecule has 0 amide bonds. The molecule has 2 aromatic heterocycles. The summed E-state index contributed by atoms with van der Waals surface area (Å²) in [5, 5.41) is 4.30. The molecule has 0 saturated heterocycles. The molecular formula is C20H16N4OPt. The zero-order valence-corrected chi connectivity index (χ0v) is 16.6. The second kappa shape index (κ2) is 7.71. The maximum Gasteiger partial charge on any atom is 2.00 e. The summed E-state index contributed by atoms with van der Waals surface area (Å²) in [5.74, 6) is 2.07. The molecule has 0 aliphatic heterocycles. The van der Waals surface area contributed by atoms with Crippen molar-refractivity contribution in [2.45, 2.75) is 6.92 Å². The standard InChI is InChI=1S/C20H16N4O.Pt/c1-15-9-10-22-24(15)17-6-4-8-19(14-17)25-18-7-3-5-16(13-18)20-21-11-12-23(20)2;/h3-12H,1-2H3;/q-2;+2. The quantitative estimate of drug-likeness (QED) is 0.381. The number of hydrogen-bond acceptors (Lipinski definition) is 3. The van der Waals surface area contributed by atoms with E-state index in [-0.39, 0.29) is 21.1 Å². The molecule has 4 aromatic rings. The zero-order valence-electron chi connectivity index (χ0n) is 14.3. The Morgan fingerprint density at radius 2 is 1.73 bits per heavy atom. The largest absolute Gasteiger partial charge is 2.00 e. The number of hydrogen-bond donors (Lipinski definition) is 0. The number of nitrogens with zero attached hydrogens (tertiary/aromatic N) is 4. The molecule has 0 aliphatic carbocycles. The molecule has 0 N–H and O–H groups in total. The minimum Gasteiger partial charge on any atom is -0.503 e. The van der Waals surface area contributed by atoms with Crippen LogP contribution in [0.2, 0.25) is 0 Å². The van der Waals surface area contributed by atoms with E-state index < -0.39 is 0 Å². The summed E-state index contributed by atoms with van der Waals surface area (Å²) >= 11 is 0. The van der Waals surface area contributed by atoms with Crippen LogP contribution < -0.4 is 4.74 Å². The molecule has 0 fully saturated rings. The molecule has 0 bridgehead atoms. The number of imidazole rings is 1. The van der Waals surface area contributed by atoms with E-state index in [4.69, 9.17) is 4.74 Å². The minimum absolute atomic E-state index is 0. The Kier molecular flexibility index (Phi) is 5.38. The summed E-state index contributed by atoms with van der Waals surface area (Å²) < 4.78 is 9.71. The number of rotatable bonds is 4. The van der Waals surface area contributed by atoms with Gasteiger partial charge in [-0.15, -0.1) is 42.0 Å². The van der Waals surface area contributed by atoms with Gasteiger partial charge >= 0.3 is 21.1 Å². The molecular weight excluding hydrogens is 507 g/mol. The molecule has 2 aromatic carbocycles. The first-order valence-corrected chi connectivity index (χ1v) is 7.92. The van der Waals surface area contributed by atoms with Crippen molar-refractivity contribution in [1.29, 1.82) is 0 Å². The van der Waals surface area contributed by atoms with Crippen LogP contribution in [0.15, 0.2) is 61.1 Å². The Morgan fingerprint density at radius 3 is 2.42 bits per heavy atom. The van der Waals surface area contributed by atoms with Gasteiger partial charge in [0, 0.05) is 42.8 Å². The number of benzene rings is 2. The third-order valence-electron chi connectivity index (χ3n) is 3.86. The summed E-state index contributed by atoms with van der Waals surface area (Å²) in [5.41, 5.74) is 2.75. The maximum atomic E-state index is 5.95. The Labute approximate surface area is 166 Å². The first-order valence-electron chi connectivity index (χ1n) is 7.92. The van der Waals surface area contributed by atoms with E-state index in [0.717, 1.165) is 22.8 Å². The third kappa shape index (κ3) is 3.63. The van der Waals surface area contributed by atoms with Crippen LogP contribution in [0.4, 0.5) is 0 Å². The predicted molar refractivity (Wildman–Crippen MR) is 94.7 cm³/mol. The van der Waals surface area contributed by atoms with Gasteiger partial charge < -0.3 is 9.30 Å². The van der Waals surface area contributed by atoms with Gasteiger partial charge in [-0.25, -0.2) is 0 Å². The molecule has 0 radical (unpaired) electrons. The first kappa shape index (κ1) is 18.1. The first-order chi connectivity index (χ1) is 12.2. The summed E-state index contributed by atoms with van der Waals surface area (Å²) in [6.07, 6.45) is 5.43. The Hall–Kier alpha value is -2.65. The van der Waals surface area contributed by atoms with E-state index in [1.165, 1.54) is 0 Å². The summed E-state index contributed by atoms with van der Waals surface area (Å²) in [4.78, 5) is 4.35. The van der Waals surface area contributed by atoms with E-state index in [2.05, 4.69) is 22.2 Å². The SMILES string of the molecule is Cc1ccnn1-c1[c-]c(Oc2[c-]c(-c3nccn3C)ccc2)ccc1.[Pt+2]. The predicted octanol–water partition coefficient (Wildman–Crippen LogP) is 3.97. The number of ether oxygens (including phenoxy) is 1. The van der Waals surface area contributed by atoms with Crippen molar-refractivity contribution in [2.75, 3.05) is 0 Å². The second-order valence-electron chi connectivity index (χ2n) is 5.68. The smallest absolute Gasteiger partial charge is 0.503 e. The summed E-state index contributed by atoms with van der Waals surface area (Å²) in [7, 11) is 1.95. The normalized spacial score (nSPS) is 10.4. The van der Waals surface area contributed by atoms with Gasteiger partial charge in [-0.2, -0.15) is 11.2 Å². The van der Waals surface area contributed by atoms with Gasteiger partial charge in [0.05, 0.1) is 5.82 Å². The van der Waals surface area contributed by atoms with Crippen molar-refractivity contribution in [3.63, 3.8) is 0 Å². The molecule has 26 heavy (non-hydrogen) atoms. The van der Waals surface area contributed by atoms with Gasteiger partial charge in [-0.05, 0) is 18.7 Å². The van der Waals surface area contributed by atoms with Crippen molar-refractivity contribution in [2.24, 2.45) is 7.05 Å². The van der Waals surface area contributed by atoms with Crippen LogP contribution in [-0.2, 0) is 28.1 Å². The average molecular weight is 523 g/mol. The molecule has 2 heterocycles. The van der Waals surface area contributed by atoms with Gasteiger partial charge in [0.15, 0.2) is 0 Å². The monoisotopic (exact) mass is 523 g/mol. The molecule has 0 atom stereocenters. The van der Waals surface area contributed by atoms with E-state index >= 15 is 0 Å². The Morgan fingerprint density at radius 1 is 0.962 bits per heavy atom. The minimum atomic E-state index is 0. The van der Waals surface area contributed by atoms with Crippen molar-refractivity contribution in [3.05, 3.63) is 78.9 Å². The topological polar surface area (TPSA) is 44.9 Å². The van der Waals surface area contributed by atoms with Crippen molar-refractivity contribution >= 4 is 0 Å². The van der Waals surface area contributed by atoms with Crippen LogP contribution in [0.1, 0.15) is 5.69 Å². The van der Waals surface area contributed by atoms with E-state index in [9.17, 15) is 0 Å². The molecule has 0 aliphatic rings. The van der Waals surface area contributed by atoms with Gasteiger partial charge in [-0.3, -0.25) is 9.67 Å². The molecule has 0 unspecified atom stereocenters. The van der Waals surface area contributed by atoms with Gasteiger partial charge in [0.25, 0.3) is 0 Å². The van der Waals surface area contributed by atoms with E-state index in [1.807, 2.05) is 71.9 Å². The van der Waals surface area contributed by atoms with Crippen molar-refractivity contribution < 1.29 is 25.8 Å². The second-order valence-corrected chi connectivity index (χ2v) is 5.68. The molecule has 6 heteroatoms. The third-order valence-corrected chi connectivity index (χ3v) is 3.86.